The molecule has 0 aliphatic rings. The van der Waals surface area contributed by atoms with Crippen molar-refractivity contribution in [2.75, 3.05) is 6.61 Å². The molecular weight excluding hydrogens is 237 g/mol. The number of rotatable bonds is 4. The Labute approximate surface area is 104 Å². The van der Waals surface area contributed by atoms with E-state index < -0.39 is 0 Å². The lowest BCUT2D eigenvalue weighted by molar-refractivity contribution is 0.290. The predicted octanol–water partition coefficient (Wildman–Crippen LogP) is 2.28. The molecule has 0 aliphatic carbocycles. The zero-order valence-electron chi connectivity index (χ0n) is 10.3. The van der Waals surface area contributed by atoms with Crippen molar-refractivity contribution in [3.05, 3.63) is 52.1 Å². The van der Waals surface area contributed by atoms with Crippen LogP contribution in [0.1, 0.15) is 11.5 Å². The van der Waals surface area contributed by atoms with Crippen molar-refractivity contribution in [3.8, 4) is 5.75 Å². The van der Waals surface area contributed by atoms with Crippen LogP contribution >= 0.6 is 0 Å². The predicted molar refractivity (Wildman–Crippen MR) is 64.3 cm³/mol. The second-order valence-corrected chi connectivity index (χ2v) is 3.96. The average molecular weight is 251 g/mol. The van der Waals surface area contributed by atoms with Crippen LogP contribution in [0.3, 0.4) is 0 Å². The second kappa shape index (κ2) is 5.08. The summed E-state index contributed by atoms with van der Waals surface area (Å²) in [5, 5.41) is 0. The number of hydrogen-bond donors (Lipinski definition) is 0. The van der Waals surface area contributed by atoms with Crippen LogP contribution in [-0.4, -0.2) is 11.2 Å². The molecule has 2 aromatic rings. The minimum absolute atomic E-state index is 0.306. The molecule has 0 aliphatic heterocycles. The van der Waals surface area contributed by atoms with Gasteiger partial charge in [0.15, 0.2) is 0 Å². The lowest BCUT2D eigenvalue weighted by atomic mass is 10.3. The highest BCUT2D eigenvalue weighted by Crippen LogP contribution is 2.11. The van der Waals surface area contributed by atoms with E-state index in [2.05, 4.69) is 0 Å². The first-order chi connectivity index (χ1) is 8.58. The van der Waals surface area contributed by atoms with Crippen molar-refractivity contribution < 1.29 is 13.5 Å². The van der Waals surface area contributed by atoms with Gasteiger partial charge in [-0.15, -0.1) is 0 Å². The van der Waals surface area contributed by atoms with Gasteiger partial charge in [-0.3, -0.25) is 4.57 Å². The fourth-order valence-corrected chi connectivity index (χ4v) is 1.63. The highest BCUT2D eigenvalue weighted by Gasteiger charge is 2.08. The Kier molecular flexibility index (Phi) is 3.50. The lowest BCUT2D eigenvalue weighted by Gasteiger charge is -2.06. The normalized spacial score (nSPS) is 10.6. The molecular formula is C13H14FNO3. The quantitative estimate of drug-likeness (QED) is 0.837. The van der Waals surface area contributed by atoms with Crippen LogP contribution in [0.5, 0.6) is 5.75 Å². The maximum Gasteiger partial charge on any atom is 0.419 e. The van der Waals surface area contributed by atoms with Gasteiger partial charge < -0.3 is 9.15 Å². The van der Waals surface area contributed by atoms with E-state index in [0.29, 0.717) is 24.7 Å². The summed E-state index contributed by atoms with van der Waals surface area (Å²) in [6.45, 7) is 4.29. The molecule has 0 radical (unpaired) electrons. The molecule has 2 rings (SSSR count). The molecule has 0 bridgehead atoms. The van der Waals surface area contributed by atoms with E-state index in [1.165, 1.54) is 16.7 Å². The molecule has 0 fully saturated rings. The van der Waals surface area contributed by atoms with Crippen molar-refractivity contribution in [3.63, 3.8) is 0 Å². The van der Waals surface area contributed by atoms with Gasteiger partial charge in [0, 0.05) is 0 Å². The van der Waals surface area contributed by atoms with Crippen molar-refractivity contribution in [2.24, 2.45) is 0 Å². The molecule has 0 atom stereocenters. The van der Waals surface area contributed by atoms with E-state index in [1.807, 2.05) is 6.92 Å². The lowest BCUT2D eigenvalue weighted by Crippen LogP contribution is -2.19. The number of nitrogens with zero attached hydrogens (tertiary/aromatic N) is 1. The number of hydrogen-bond acceptors (Lipinski definition) is 3. The van der Waals surface area contributed by atoms with Crippen molar-refractivity contribution in [1.82, 2.24) is 4.57 Å². The van der Waals surface area contributed by atoms with E-state index in [4.69, 9.17) is 9.15 Å². The van der Waals surface area contributed by atoms with Gasteiger partial charge >= 0.3 is 5.76 Å². The zero-order chi connectivity index (χ0) is 13.1. The minimum atomic E-state index is -0.382. The molecule has 5 heteroatoms. The molecule has 0 saturated heterocycles. The van der Waals surface area contributed by atoms with Gasteiger partial charge in [-0.05, 0) is 38.1 Å². The molecule has 1 aromatic heterocycles. The summed E-state index contributed by atoms with van der Waals surface area (Å²) in [5.41, 5.74) is 0.794. The van der Waals surface area contributed by atoms with Crippen LogP contribution in [0, 0.1) is 19.7 Å². The SMILES string of the molecule is Cc1oc(=O)n(CCOc2ccc(F)cc2)c1C. The smallest absolute Gasteiger partial charge is 0.419 e. The van der Waals surface area contributed by atoms with Gasteiger partial charge in [-0.25, -0.2) is 9.18 Å². The molecule has 0 N–H and O–H groups in total. The van der Waals surface area contributed by atoms with Crippen LogP contribution in [0.2, 0.25) is 0 Å². The Bertz CT molecular complexity index is 583. The highest BCUT2D eigenvalue weighted by molar-refractivity contribution is 5.21. The van der Waals surface area contributed by atoms with E-state index in [1.54, 1.807) is 19.1 Å². The van der Waals surface area contributed by atoms with Crippen LogP contribution in [0.15, 0.2) is 33.5 Å². The van der Waals surface area contributed by atoms with Gasteiger partial charge in [0.25, 0.3) is 0 Å². The number of oxazole rings is 1. The van der Waals surface area contributed by atoms with Crippen LogP contribution in [0.25, 0.3) is 0 Å². The van der Waals surface area contributed by atoms with Crippen LogP contribution in [-0.2, 0) is 6.54 Å². The summed E-state index contributed by atoms with van der Waals surface area (Å²) in [6, 6.07) is 5.75. The van der Waals surface area contributed by atoms with Gasteiger partial charge in [-0.1, -0.05) is 0 Å². The summed E-state index contributed by atoms with van der Waals surface area (Å²) in [6.07, 6.45) is 0. The molecule has 0 saturated carbocycles. The number of aromatic nitrogens is 1. The molecule has 4 nitrogen and oxygen atoms in total. The third kappa shape index (κ3) is 2.61. The Balaban J connectivity index is 1.96. The number of ether oxygens (including phenoxy) is 1. The molecule has 0 amide bonds. The molecule has 1 aromatic carbocycles. The Morgan fingerprint density at radius 2 is 1.94 bits per heavy atom. The summed E-state index contributed by atoms with van der Waals surface area (Å²) < 4.78 is 24.6. The largest absolute Gasteiger partial charge is 0.492 e. The first kappa shape index (κ1) is 12.4. The summed E-state index contributed by atoms with van der Waals surface area (Å²) in [4.78, 5) is 11.4. The zero-order valence-corrected chi connectivity index (χ0v) is 10.3. The maximum atomic E-state index is 12.7. The first-order valence-corrected chi connectivity index (χ1v) is 5.63. The van der Waals surface area contributed by atoms with E-state index >= 15 is 0 Å². The summed E-state index contributed by atoms with van der Waals surface area (Å²) in [5.74, 6) is 0.497. The molecule has 1 heterocycles. The van der Waals surface area contributed by atoms with Gasteiger partial charge in [0.05, 0.1) is 12.2 Å². The average Bonchev–Trinajstić information content (AvgIpc) is 2.58. The fraction of sp³-hybridized carbons (Fsp3) is 0.308. The van der Waals surface area contributed by atoms with E-state index in [0.717, 1.165) is 5.69 Å². The van der Waals surface area contributed by atoms with E-state index in [9.17, 15) is 9.18 Å². The molecule has 0 unspecified atom stereocenters. The second-order valence-electron chi connectivity index (χ2n) is 3.96. The third-order valence-corrected chi connectivity index (χ3v) is 2.77. The van der Waals surface area contributed by atoms with Crippen molar-refractivity contribution in [2.45, 2.75) is 20.4 Å². The Hall–Kier alpha value is -2.04. The Morgan fingerprint density at radius 3 is 2.50 bits per heavy atom. The molecule has 0 spiro atoms. The fourth-order valence-electron chi connectivity index (χ4n) is 1.63. The van der Waals surface area contributed by atoms with E-state index in [-0.39, 0.29) is 11.6 Å². The van der Waals surface area contributed by atoms with Gasteiger partial charge in [0.2, 0.25) is 0 Å². The highest BCUT2D eigenvalue weighted by atomic mass is 19.1. The molecule has 96 valence electrons. The van der Waals surface area contributed by atoms with Crippen molar-refractivity contribution in [1.29, 1.82) is 0 Å². The monoisotopic (exact) mass is 251 g/mol. The Morgan fingerprint density at radius 1 is 1.28 bits per heavy atom. The summed E-state index contributed by atoms with van der Waals surface area (Å²) in [7, 11) is 0. The first-order valence-electron chi connectivity index (χ1n) is 5.63. The van der Waals surface area contributed by atoms with Crippen molar-refractivity contribution >= 4 is 0 Å². The van der Waals surface area contributed by atoms with Crippen LogP contribution < -0.4 is 10.5 Å². The topological polar surface area (TPSA) is 44.4 Å². The third-order valence-electron chi connectivity index (χ3n) is 2.77. The minimum Gasteiger partial charge on any atom is -0.492 e. The maximum absolute atomic E-state index is 12.7. The van der Waals surface area contributed by atoms with Gasteiger partial charge in [0.1, 0.15) is 23.9 Å². The number of aryl methyl sites for hydroxylation is 1. The summed E-state index contributed by atoms with van der Waals surface area (Å²) >= 11 is 0. The van der Waals surface area contributed by atoms with Gasteiger partial charge in [-0.2, -0.15) is 0 Å². The standard InChI is InChI=1S/C13H14FNO3/c1-9-10(2)18-13(16)15(9)7-8-17-12-5-3-11(14)4-6-12/h3-6H,7-8H2,1-2H3. The molecule has 18 heavy (non-hydrogen) atoms. The van der Waals surface area contributed by atoms with Crippen LogP contribution in [0.4, 0.5) is 4.39 Å². The number of halogens is 1. The number of benzene rings is 1.